The largest absolute Gasteiger partial charge is 0.466 e. The van der Waals surface area contributed by atoms with E-state index in [0.717, 1.165) is 32.1 Å². The summed E-state index contributed by atoms with van der Waals surface area (Å²) in [6, 6.07) is 0. The van der Waals surface area contributed by atoms with E-state index < -0.39 is 0 Å². The second-order valence-corrected chi connectivity index (χ2v) is 8.21. The first-order valence-electron chi connectivity index (χ1n) is 12.7. The zero-order valence-electron chi connectivity index (χ0n) is 19.9. The highest BCUT2D eigenvalue weighted by molar-refractivity contribution is 5.70. The molecule has 0 radical (unpaired) electrons. The average Bonchev–Trinajstić information content (AvgIpc) is 2.74. The molecule has 0 spiro atoms. The molecule has 0 N–H and O–H groups in total. The van der Waals surface area contributed by atoms with Gasteiger partial charge in [0.15, 0.2) is 0 Å². The number of allylic oxidation sites excluding steroid dienone is 2. The molecule has 0 aromatic heterocycles. The monoisotopic (exact) mass is 424 g/mol. The van der Waals surface area contributed by atoms with Crippen molar-refractivity contribution < 1.29 is 19.1 Å². The topological polar surface area (TPSA) is 52.6 Å². The summed E-state index contributed by atoms with van der Waals surface area (Å²) in [6.45, 7) is 5.39. The van der Waals surface area contributed by atoms with Crippen molar-refractivity contribution in [1.82, 2.24) is 0 Å². The molecular formula is C26H48O4. The highest BCUT2D eigenvalue weighted by atomic mass is 16.5. The van der Waals surface area contributed by atoms with Crippen molar-refractivity contribution in [2.75, 3.05) is 13.2 Å². The first kappa shape index (κ1) is 28.7. The van der Waals surface area contributed by atoms with Gasteiger partial charge in [-0.25, -0.2) is 0 Å². The van der Waals surface area contributed by atoms with Crippen LogP contribution < -0.4 is 0 Å². The summed E-state index contributed by atoms with van der Waals surface area (Å²) in [7, 11) is 0. The molecule has 0 aliphatic heterocycles. The van der Waals surface area contributed by atoms with Crippen LogP contribution in [0.25, 0.3) is 0 Å². The van der Waals surface area contributed by atoms with Crippen molar-refractivity contribution in [3.05, 3.63) is 12.2 Å². The van der Waals surface area contributed by atoms with E-state index in [1.54, 1.807) is 0 Å². The minimum atomic E-state index is -0.145. The van der Waals surface area contributed by atoms with E-state index in [-0.39, 0.29) is 11.9 Å². The fourth-order valence-corrected chi connectivity index (χ4v) is 3.29. The van der Waals surface area contributed by atoms with Gasteiger partial charge in [-0.1, -0.05) is 83.8 Å². The molecule has 0 heterocycles. The average molecular weight is 425 g/mol. The molecule has 0 bridgehead atoms. The van der Waals surface area contributed by atoms with Gasteiger partial charge >= 0.3 is 11.9 Å². The lowest BCUT2D eigenvalue weighted by molar-refractivity contribution is -0.146. The van der Waals surface area contributed by atoms with E-state index >= 15 is 0 Å². The van der Waals surface area contributed by atoms with Crippen LogP contribution in [-0.2, 0) is 19.1 Å². The van der Waals surface area contributed by atoms with Crippen LogP contribution in [-0.4, -0.2) is 25.2 Å². The number of rotatable bonds is 22. The van der Waals surface area contributed by atoms with Crippen LogP contribution in [0.15, 0.2) is 12.2 Å². The molecule has 0 atom stereocenters. The first-order chi connectivity index (χ1) is 14.7. The third-order valence-electron chi connectivity index (χ3n) is 5.20. The predicted octanol–water partition coefficient (Wildman–Crippen LogP) is 7.69. The number of ether oxygens (including phenoxy) is 2. The number of hydrogen-bond acceptors (Lipinski definition) is 4. The molecular weight excluding hydrogens is 376 g/mol. The van der Waals surface area contributed by atoms with E-state index in [9.17, 15) is 9.59 Å². The summed E-state index contributed by atoms with van der Waals surface area (Å²) in [4.78, 5) is 23.3. The molecule has 4 nitrogen and oxygen atoms in total. The predicted molar refractivity (Wildman–Crippen MR) is 126 cm³/mol. The summed E-state index contributed by atoms with van der Waals surface area (Å²) in [5, 5.41) is 0. The first-order valence-corrected chi connectivity index (χ1v) is 12.7. The van der Waals surface area contributed by atoms with E-state index in [1.165, 1.54) is 57.8 Å². The van der Waals surface area contributed by atoms with Crippen LogP contribution in [0.1, 0.15) is 129 Å². The summed E-state index contributed by atoms with van der Waals surface area (Å²) < 4.78 is 10.5. The highest BCUT2D eigenvalue weighted by Gasteiger charge is 2.06. The summed E-state index contributed by atoms with van der Waals surface area (Å²) in [5.74, 6) is -0.284. The van der Waals surface area contributed by atoms with Gasteiger partial charge in [0.25, 0.3) is 0 Å². The van der Waals surface area contributed by atoms with Gasteiger partial charge < -0.3 is 9.47 Å². The van der Waals surface area contributed by atoms with Gasteiger partial charge in [-0.2, -0.15) is 0 Å². The van der Waals surface area contributed by atoms with Gasteiger partial charge in [0.05, 0.1) is 13.2 Å². The van der Waals surface area contributed by atoms with E-state index in [4.69, 9.17) is 9.47 Å². The van der Waals surface area contributed by atoms with Gasteiger partial charge in [-0.05, 0) is 44.9 Å². The van der Waals surface area contributed by atoms with Crippen LogP contribution in [0.4, 0.5) is 0 Å². The molecule has 0 aromatic carbocycles. The number of carbonyl (C=O) groups is 2. The lowest BCUT2D eigenvalue weighted by Gasteiger charge is -2.06. The van der Waals surface area contributed by atoms with Crippen molar-refractivity contribution in [3.63, 3.8) is 0 Å². The summed E-state index contributed by atoms with van der Waals surface area (Å²) in [6.07, 6.45) is 23.4. The molecule has 0 saturated heterocycles. The molecule has 176 valence electrons. The SMILES string of the molecule is CC/C=C/CCCCCCCCCCOC(=O)CCCCC(=O)OCCCCCC. The van der Waals surface area contributed by atoms with Gasteiger partial charge in [-0.3, -0.25) is 9.59 Å². The van der Waals surface area contributed by atoms with Crippen molar-refractivity contribution in [2.24, 2.45) is 0 Å². The normalized spacial score (nSPS) is 11.1. The molecule has 0 aliphatic rings. The van der Waals surface area contributed by atoms with Crippen LogP contribution in [0.3, 0.4) is 0 Å². The minimum Gasteiger partial charge on any atom is -0.466 e. The Labute approximate surface area is 186 Å². The van der Waals surface area contributed by atoms with Gasteiger partial charge in [0, 0.05) is 12.8 Å². The quantitative estimate of drug-likeness (QED) is 0.101. The van der Waals surface area contributed by atoms with Gasteiger partial charge in [0.1, 0.15) is 0 Å². The zero-order valence-corrected chi connectivity index (χ0v) is 19.9. The van der Waals surface area contributed by atoms with E-state index in [2.05, 4.69) is 26.0 Å². The Hall–Kier alpha value is -1.32. The van der Waals surface area contributed by atoms with Crippen LogP contribution >= 0.6 is 0 Å². The highest BCUT2D eigenvalue weighted by Crippen LogP contribution is 2.10. The number of esters is 2. The second kappa shape index (κ2) is 24.0. The standard InChI is InChI=1S/C26H48O4/c1-3-5-7-9-10-11-12-13-14-15-16-20-24-30-26(28)22-18-17-21-25(27)29-23-19-8-6-4-2/h5,7H,3-4,6,8-24H2,1-2H3/b7-5+. The molecule has 0 rings (SSSR count). The van der Waals surface area contributed by atoms with E-state index in [0.29, 0.717) is 38.9 Å². The number of hydrogen-bond donors (Lipinski definition) is 0. The fraction of sp³-hybridized carbons (Fsp3) is 0.846. The second-order valence-electron chi connectivity index (χ2n) is 8.21. The van der Waals surface area contributed by atoms with Gasteiger partial charge in [-0.15, -0.1) is 0 Å². The zero-order chi connectivity index (χ0) is 22.1. The van der Waals surface area contributed by atoms with Gasteiger partial charge in [0.2, 0.25) is 0 Å². The Balaban J connectivity index is 3.28. The van der Waals surface area contributed by atoms with Crippen molar-refractivity contribution >= 4 is 11.9 Å². The Morgan fingerprint density at radius 2 is 1.03 bits per heavy atom. The van der Waals surface area contributed by atoms with E-state index in [1.807, 2.05) is 0 Å². The minimum absolute atomic E-state index is 0.139. The van der Waals surface area contributed by atoms with Crippen molar-refractivity contribution in [2.45, 2.75) is 129 Å². The Morgan fingerprint density at radius 3 is 1.53 bits per heavy atom. The van der Waals surface area contributed by atoms with Crippen LogP contribution in [0.2, 0.25) is 0 Å². The molecule has 0 unspecified atom stereocenters. The molecule has 0 aromatic rings. The lowest BCUT2D eigenvalue weighted by Crippen LogP contribution is -2.08. The maximum absolute atomic E-state index is 11.7. The fourth-order valence-electron chi connectivity index (χ4n) is 3.29. The van der Waals surface area contributed by atoms with Crippen LogP contribution in [0.5, 0.6) is 0 Å². The maximum atomic E-state index is 11.7. The summed E-state index contributed by atoms with van der Waals surface area (Å²) >= 11 is 0. The Bertz CT molecular complexity index is 417. The molecule has 0 aliphatic carbocycles. The van der Waals surface area contributed by atoms with Crippen LogP contribution in [0, 0.1) is 0 Å². The Kier molecular flexibility index (Phi) is 22.9. The maximum Gasteiger partial charge on any atom is 0.305 e. The van der Waals surface area contributed by atoms with Crippen molar-refractivity contribution in [3.8, 4) is 0 Å². The molecule has 0 fully saturated rings. The smallest absolute Gasteiger partial charge is 0.305 e. The van der Waals surface area contributed by atoms with Crippen molar-refractivity contribution in [1.29, 1.82) is 0 Å². The third-order valence-corrected chi connectivity index (χ3v) is 5.20. The number of carbonyl (C=O) groups excluding carboxylic acids is 2. The molecule has 30 heavy (non-hydrogen) atoms. The lowest BCUT2D eigenvalue weighted by atomic mass is 10.1. The Morgan fingerprint density at radius 1 is 0.567 bits per heavy atom. The third kappa shape index (κ3) is 23.0. The number of unbranched alkanes of at least 4 members (excludes halogenated alkanes) is 12. The summed E-state index contributed by atoms with van der Waals surface area (Å²) in [5.41, 5.74) is 0. The molecule has 0 saturated carbocycles. The molecule has 4 heteroatoms. The molecule has 0 amide bonds.